The van der Waals surface area contributed by atoms with Crippen LogP contribution in [0, 0.1) is 0 Å². The first kappa shape index (κ1) is 20.1. The molecule has 29 heavy (non-hydrogen) atoms. The van der Waals surface area contributed by atoms with Gasteiger partial charge in [-0.3, -0.25) is 9.59 Å². The lowest BCUT2D eigenvalue weighted by Crippen LogP contribution is -2.24. The average molecular weight is 403 g/mol. The van der Waals surface area contributed by atoms with Crippen LogP contribution in [0.5, 0.6) is 0 Å². The molecule has 0 spiro atoms. The Morgan fingerprint density at radius 1 is 1.14 bits per heavy atom. The van der Waals surface area contributed by atoms with Crippen LogP contribution < -0.4 is 10.6 Å². The maximum absolute atomic E-state index is 12.9. The molecular formula is C19H16F3N5O2. The van der Waals surface area contributed by atoms with E-state index in [0.29, 0.717) is 5.56 Å². The molecule has 3 rings (SSSR count). The molecule has 7 nitrogen and oxygen atoms in total. The third kappa shape index (κ3) is 5.18. The topological polar surface area (TPSA) is 88.9 Å². The van der Waals surface area contributed by atoms with E-state index < -0.39 is 17.6 Å². The Morgan fingerprint density at radius 2 is 1.90 bits per heavy atom. The van der Waals surface area contributed by atoms with Crippen LogP contribution in [-0.2, 0) is 17.5 Å². The molecule has 2 aromatic heterocycles. The zero-order chi connectivity index (χ0) is 21.0. The van der Waals surface area contributed by atoms with E-state index in [4.69, 9.17) is 0 Å². The number of anilines is 1. The minimum Gasteiger partial charge on any atom is -0.347 e. The molecule has 2 amide bonds. The number of amides is 2. The second-order valence-electron chi connectivity index (χ2n) is 6.11. The Balaban J connectivity index is 1.67. The summed E-state index contributed by atoms with van der Waals surface area (Å²) in [7, 11) is 0. The lowest BCUT2D eigenvalue weighted by atomic mass is 10.2. The highest BCUT2D eigenvalue weighted by Crippen LogP contribution is 2.30. The number of aromatic nitrogens is 3. The van der Waals surface area contributed by atoms with Gasteiger partial charge in [0.15, 0.2) is 0 Å². The van der Waals surface area contributed by atoms with E-state index in [1.165, 1.54) is 42.2 Å². The lowest BCUT2D eigenvalue weighted by Gasteiger charge is -2.08. The number of benzene rings is 1. The summed E-state index contributed by atoms with van der Waals surface area (Å²) in [6, 6.07) is 9.41. The highest BCUT2D eigenvalue weighted by Gasteiger charge is 2.30. The van der Waals surface area contributed by atoms with Crippen molar-refractivity contribution in [3.8, 4) is 5.69 Å². The van der Waals surface area contributed by atoms with Gasteiger partial charge < -0.3 is 10.6 Å². The van der Waals surface area contributed by atoms with Crippen molar-refractivity contribution in [1.82, 2.24) is 20.1 Å². The molecule has 0 bridgehead atoms. The predicted octanol–water partition coefficient (Wildman–Crippen LogP) is 3.17. The molecule has 150 valence electrons. The van der Waals surface area contributed by atoms with Crippen LogP contribution in [0.4, 0.5) is 19.0 Å². The van der Waals surface area contributed by atoms with Gasteiger partial charge in [0.1, 0.15) is 11.5 Å². The number of pyridine rings is 1. The second kappa shape index (κ2) is 8.13. The van der Waals surface area contributed by atoms with Gasteiger partial charge in [-0.15, -0.1) is 0 Å². The minimum absolute atomic E-state index is 0.101. The van der Waals surface area contributed by atoms with E-state index in [0.717, 1.165) is 12.1 Å². The Kier molecular flexibility index (Phi) is 5.62. The Morgan fingerprint density at radius 3 is 2.62 bits per heavy atom. The van der Waals surface area contributed by atoms with Crippen LogP contribution >= 0.6 is 0 Å². The molecule has 0 atom stereocenters. The number of carbonyl (C=O) groups is 2. The van der Waals surface area contributed by atoms with Gasteiger partial charge in [-0.1, -0.05) is 12.1 Å². The zero-order valence-corrected chi connectivity index (χ0v) is 15.2. The van der Waals surface area contributed by atoms with Crippen molar-refractivity contribution < 1.29 is 22.8 Å². The quantitative estimate of drug-likeness (QED) is 0.685. The molecule has 3 aromatic rings. The van der Waals surface area contributed by atoms with E-state index in [-0.39, 0.29) is 29.7 Å². The third-order valence-corrected chi connectivity index (χ3v) is 3.81. The fourth-order valence-electron chi connectivity index (χ4n) is 2.50. The molecule has 0 unspecified atom stereocenters. The molecule has 1 aromatic carbocycles. The first-order valence-electron chi connectivity index (χ1n) is 8.46. The number of hydrogen-bond acceptors (Lipinski definition) is 4. The molecule has 0 saturated heterocycles. The summed E-state index contributed by atoms with van der Waals surface area (Å²) in [5.74, 6) is -0.524. The van der Waals surface area contributed by atoms with Crippen molar-refractivity contribution in [2.75, 3.05) is 5.32 Å². The molecular weight excluding hydrogens is 387 g/mol. The van der Waals surface area contributed by atoms with Gasteiger partial charge in [0, 0.05) is 25.2 Å². The Bertz CT molecular complexity index is 1050. The van der Waals surface area contributed by atoms with Crippen molar-refractivity contribution in [2.24, 2.45) is 0 Å². The average Bonchev–Trinajstić information content (AvgIpc) is 3.14. The SMILES string of the molecule is CC(=O)Nc1cccc(C(=O)NCc2cnn(-c3cccc(C(F)(F)F)c3)c2)n1. The van der Waals surface area contributed by atoms with Gasteiger partial charge in [-0.25, -0.2) is 9.67 Å². The Labute approximate surface area is 163 Å². The molecule has 0 aliphatic heterocycles. The molecule has 0 aliphatic rings. The van der Waals surface area contributed by atoms with Gasteiger partial charge in [0.2, 0.25) is 5.91 Å². The van der Waals surface area contributed by atoms with Crippen LogP contribution in [0.25, 0.3) is 5.69 Å². The van der Waals surface area contributed by atoms with Gasteiger partial charge in [-0.2, -0.15) is 18.3 Å². The molecule has 2 N–H and O–H groups in total. The summed E-state index contributed by atoms with van der Waals surface area (Å²) >= 11 is 0. The van der Waals surface area contributed by atoms with E-state index in [1.807, 2.05) is 0 Å². The molecule has 0 saturated carbocycles. The van der Waals surface area contributed by atoms with Crippen LogP contribution in [0.3, 0.4) is 0 Å². The number of halogens is 3. The molecule has 0 radical (unpaired) electrons. The summed E-state index contributed by atoms with van der Waals surface area (Å²) in [6.45, 7) is 1.43. The van der Waals surface area contributed by atoms with Crippen molar-refractivity contribution >= 4 is 17.6 Å². The van der Waals surface area contributed by atoms with Crippen molar-refractivity contribution in [3.05, 3.63) is 71.7 Å². The van der Waals surface area contributed by atoms with Crippen LogP contribution in [0.1, 0.15) is 28.5 Å². The summed E-state index contributed by atoms with van der Waals surface area (Å²) in [4.78, 5) is 27.4. The number of carbonyl (C=O) groups excluding carboxylic acids is 2. The van der Waals surface area contributed by atoms with Gasteiger partial charge >= 0.3 is 6.18 Å². The molecule has 2 heterocycles. The van der Waals surface area contributed by atoms with E-state index in [1.54, 1.807) is 12.1 Å². The monoisotopic (exact) mass is 403 g/mol. The van der Waals surface area contributed by atoms with Gasteiger partial charge in [0.05, 0.1) is 17.4 Å². The van der Waals surface area contributed by atoms with Crippen LogP contribution in [0.2, 0.25) is 0 Å². The smallest absolute Gasteiger partial charge is 0.347 e. The summed E-state index contributed by atoms with van der Waals surface area (Å²) in [6.07, 6.45) is -1.47. The normalized spacial score (nSPS) is 11.2. The van der Waals surface area contributed by atoms with E-state index in [2.05, 4.69) is 20.7 Å². The third-order valence-electron chi connectivity index (χ3n) is 3.81. The second-order valence-corrected chi connectivity index (χ2v) is 6.11. The fourth-order valence-corrected chi connectivity index (χ4v) is 2.50. The largest absolute Gasteiger partial charge is 0.416 e. The van der Waals surface area contributed by atoms with E-state index in [9.17, 15) is 22.8 Å². The van der Waals surface area contributed by atoms with Crippen molar-refractivity contribution in [1.29, 1.82) is 0 Å². The van der Waals surface area contributed by atoms with Crippen LogP contribution in [-0.4, -0.2) is 26.6 Å². The van der Waals surface area contributed by atoms with E-state index >= 15 is 0 Å². The maximum Gasteiger partial charge on any atom is 0.416 e. The minimum atomic E-state index is -4.45. The van der Waals surface area contributed by atoms with Gasteiger partial charge in [-0.05, 0) is 30.3 Å². The first-order valence-corrected chi connectivity index (χ1v) is 8.46. The molecule has 0 fully saturated rings. The lowest BCUT2D eigenvalue weighted by molar-refractivity contribution is -0.137. The van der Waals surface area contributed by atoms with Crippen molar-refractivity contribution in [3.63, 3.8) is 0 Å². The highest BCUT2D eigenvalue weighted by atomic mass is 19.4. The fraction of sp³-hybridized carbons (Fsp3) is 0.158. The van der Waals surface area contributed by atoms with Crippen LogP contribution in [0.15, 0.2) is 54.9 Å². The number of hydrogen-bond donors (Lipinski definition) is 2. The zero-order valence-electron chi connectivity index (χ0n) is 15.2. The maximum atomic E-state index is 12.9. The number of alkyl halides is 3. The predicted molar refractivity (Wildman–Crippen MR) is 98.3 cm³/mol. The highest BCUT2D eigenvalue weighted by molar-refractivity contribution is 5.93. The number of nitrogens with one attached hydrogen (secondary N) is 2. The summed E-state index contributed by atoms with van der Waals surface area (Å²) in [5.41, 5.74) is 0.183. The number of nitrogens with zero attached hydrogens (tertiary/aromatic N) is 3. The summed E-state index contributed by atoms with van der Waals surface area (Å²) in [5, 5.41) is 9.18. The molecule has 10 heteroatoms. The number of rotatable bonds is 5. The Hall–Kier alpha value is -3.69. The van der Waals surface area contributed by atoms with Crippen molar-refractivity contribution in [2.45, 2.75) is 19.6 Å². The van der Waals surface area contributed by atoms with Gasteiger partial charge in [0.25, 0.3) is 5.91 Å². The summed E-state index contributed by atoms with van der Waals surface area (Å²) < 4.78 is 39.9. The standard InChI is InChI=1S/C19H16F3N5O2/c1-12(28)25-17-7-3-6-16(26-17)18(29)23-9-13-10-24-27(11-13)15-5-2-4-14(8-15)19(20,21)22/h2-8,10-11H,9H2,1H3,(H,23,29)(H,25,26,28). The first-order chi connectivity index (χ1) is 13.7. The molecule has 0 aliphatic carbocycles.